The Morgan fingerprint density at radius 3 is 2.27 bits per heavy atom. The number of carboxylic acid groups (broad SMARTS) is 1. The van der Waals surface area contributed by atoms with Crippen LogP contribution in [0.1, 0.15) is 0 Å². The Hall–Kier alpha value is -0.510. The van der Waals surface area contributed by atoms with Gasteiger partial charge >= 0.3 is 14.0 Å². The van der Waals surface area contributed by atoms with E-state index >= 15 is 0 Å². The van der Waals surface area contributed by atoms with Crippen LogP contribution in [-0.4, -0.2) is 42.3 Å². The van der Waals surface area contributed by atoms with Crippen LogP contribution >= 0.6 is 8.03 Å². The van der Waals surface area contributed by atoms with Crippen molar-refractivity contribution in [3.05, 3.63) is 0 Å². The summed E-state index contributed by atoms with van der Waals surface area (Å²) < 4.78 is 10.2. The van der Waals surface area contributed by atoms with Crippen molar-refractivity contribution in [3.63, 3.8) is 0 Å². The average Bonchev–Trinajstić information content (AvgIpc) is 1.81. The molecule has 0 rings (SSSR count). The molecule has 0 spiro atoms. The normalized spacial score (nSPS) is 14.7. The largest absolute Gasteiger partial charge is 0.595 e. The van der Waals surface area contributed by atoms with Crippen LogP contribution in [0, 0.1) is 0 Å². The minimum absolute atomic E-state index is 0.336. The quantitative estimate of drug-likeness (QED) is 0.566. The maximum absolute atomic E-state index is 10.4. The highest BCUT2D eigenvalue weighted by Crippen LogP contribution is 2.11. The molecule has 0 amide bonds. The second-order valence-corrected chi connectivity index (χ2v) is 3.36. The summed E-state index contributed by atoms with van der Waals surface area (Å²) in [5.41, 5.74) is 0. The fraction of sp³-hybridized carbons (Fsp3) is 0.800. The van der Waals surface area contributed by atoms with Crippen LogP contribution in [-0.2, 0) is 9.36 Å². The van der Waals surface area contributed by atoms with E-state index in [0.717, 1.165) is 0 Å². The number of likely N-dealkylation sites (N-methyl/N-ethyl adjacent to an activating group) is 1. The summed E-state index contributed by atoms with van der Waals surface area (Å²) in [5.74, 6) is -1.12. The molecule has 2 atom stereocenters. The lowest BCUT2D eigenvalue weighted by molar-refractivity contribution is -0.166. The molecule has 11 heavy (non-hydrogen) atoms. The molecule has 0 aromatic heterocycles. The van der Waals surface area contributed by atoms with Gasteiger partial charge in [-0.15, -0.1) is 0 Å². The molecule has 5 nitrogen and oxygen atoms in total. The van der Waals surface area contributed by atoms with Crippen molar-refractivity contribution in [1.29, 1.82) is 0 Å². The molecule has 0 aromatic rings. The van der Waals surface area contributed by atoms with Crippen molar-refractivity contribution >= 4 is 14.0 Å². The number of hydrogen-bond acceptors (Lipinski definition) is 4. The lowest BCUT2D eigenvalue weighted by Gasteiger charge is -2.15. The van der Waals surface area contributed by atoms with Gasteiger partial charge in [0.1, 0.15) is 0 Å². The van der Waals surface area contributed by atoms with Crippen molar-refractivity contribution in [2.45, 2.75) is 6.04 Å². The van der Waals surface area contributed by atoms with Gasteiger partial charge in [0, 0.05) is 0 Å². The third-order valence-electron chi connectivity index (χ3n) is 1.23. The summed E-state index contributed by atoms with van der Waals surface area (Å²) >= 11 is 0. The van der Waals surface area contributed by atoms with Gasteiger partial charge in [-0.05, 0) is 14.1 Å². The standard InChI is InChI=1S/C5H10NO4P/c1-6(2)4(5(7)8)3-11(9)10/h4H,3H2,1-2H3,(H,7,8). The third-order valence-corrected chi connectivity index (χ3v) is 1.87. The molecule has 0 radical (unpaired) electrons. The molecule has 2 unspecified atom stereocenters. The zero-order valence-corrected chi connectivity index (χ0v) is 7.25. The third kappa shape index (κ3) is 4.03. The summed E-state index contributed by atoms with van der Waals surface area (Å²) in [6, 6.07) is -0.934. The van der Waals surface area contributed by atoms with Gasteiger partial charge in [-0.1, -0.05) is 4.57 Å². The van der Waals surface area contributed by atoms with Gasteiger partial charge in [0.25, 0.3) is 0 Å². The van der Waals surface area contributed by atoms with E-state index in [1.54, 1.807) is 0 Å². The Morgan fingerprint density at radius 2 is 2.18 bits per heavy atom. The number of carboxylic acids is 1. The fourth-order valence-corrected chi connectivity index (χ4v) is 1.37. The van der Waals surface area contributed by atoms with Crippen LogP contribution in [0.2, 0.25) is 0 Å². The van der Waals surface area contributed by atoms with Gasteiger partial charge in [-0.2, -0.15) is 0 Å². The molecule has 0 heterocycles. The Kier molecular flexibility index (Phi) is 4.18. The van der Waals surface area contributed by atoms with Gasteiger partial charge in [0.2, 0.25) is 0 Å². The van der Waals surface area contributed by atoms with Crippen molar-refractivity contribution in [2.75, 3.05) is 20.3 Å². The number of hydrogen-bond donors (Lipinski definition) is 1. The second kappa shape index (κ2) is 4.38. The Morgan fingerprint density at radius 1 is 1.73 bits per heavy atom. The molecule has 0 aliphatic heterocycles. The highest BCUT2D eigenvalue weighted by molar-refractivity contribution is 7.36. The van der Waals surface area contributed by atoms with Gasteiger partial charge in [-0.25, -0.2) is 0 Å². The Balaban J connectivity index is 4.12. The summed E-state index contributed by atoms with van der Waals surface area (Å²) in [5, 5.41) is 8.48. The van der Waals surface area contributed by atoms with Crippen LogP contribution in [0.5, 0.6) is 0 Å². The van der Waals surface area contributed by atoms with Crippen LogP contribution in [0.3, 0.4) is 0 Å². The molecule has 1 N–H and O–H groups in total. The second-order valence-electron chi connectivity index (χ2n) is 2.33. The lowest BCUT2D eigenvalue weighted by atomic mass is 10.3. The van der Waals surface area contributed by atoms with E-state index in [0.29, 0.717) is 0 Å². The van der Waals surface area contributed by atoms with Gasteiger partial charge < -0.3 is 10.00 Å². The Labute approximate surface area is 65.5 Å². The molecule has 0 bridgehead atoms. The van der Waals surface area contributed by atoms with Crippen LogP contribution in [0.15, 0.2) is 0 Å². The average molecular weight is 179 g/mol. The number of nitrogens with zero attached hydrogens (tertiary/aromatic N) is 1. The zero-order chi connectivity index (χ0) is 9.02. The van der Waals surface area contributed by atoms with E-state index < -0.39 is 20.0 Å². The predicted molar refractivity (Wildman–Crippen MR) is 37.6 cm³/mol. The summed E-state index contributed by atoms with van der Waals surface area (Å²) in [4.78, 5) is 21.9. The highest BCUT2D eigenvalue weighted by atomic mass is 31.1. The number of carbonyl (C=O) groups is 1. The summed E-state index contributed by atoms with van der Waals surface area (Å²) in [6.45, 7) is 0. The Bertz CT molecular complexity index is 170. The van der Waals surface area contributed by atoms with E-state index in [4.69, 9.17) is 5.11 Å². The lowest BCUT2D eigenvalue weighted by Crippen LogP contribution is -2.38. The first-order valence-electron chi connectivity index (χ1n) is 2.96. The monoisotopic (exact) mass is 179 g/mol. The molecule has 0 aliphatic rings. The highest BCUT2D eigenvalue weighted by Gasteiger charge is 2.25. The fourth-order valence-electron chi connectivity index (χ4n) is 0.603. The van der Waals surface area contributed by atoms with Crippen LogP contribution in [0.4, 0.5) is 0 Å². The smallest absolute Gasteiger partial charge is 0.325 e. The molecule has 0 fully saturated rings. The minimum atomic E-state index is -2.63. The van der Waals surface area contributed by atoms with E-state index in [9.17, 15) is 14.3 Å². The van der Waals surface area contributed by atoms with Crippen LogP contribution < -0.4 is 4.89 Å². The molecular formula is C5H10NO4P. The number of aliphatic carboxylic acids is 1. The van der Waals surface area contributed by atoms with Crippen LogP contribution in [0.25, 0.3) is 0 Å². The molecule has 0 aliphatic carbocycles. The molecule has 64 valence electrons. The van der Waals surface area contributed by atoms with E-state index in [2.05, 4.69) is 0 Å². The van der Waals surface area contributed by atoms with E-state index in [-0.39, 0.29) is 6.16 Å². The van der Waals surface area contributed by atoms with Gasteiger partial charge in [-0.3, -0.25) is 9.69 Å². The molecule has 0 aromatic carbocycles. The van der Waals surface area contributed by atoms with Gasteiger partial charge in [0.05, 0.1) is 0 Å². The molecule has 0 saturated heterocycles. The minimum Gasteiger partial charge on any atom is -0.595 e. The first-order valence-corrected chi connectivity index (χ1v) is 4.32. The summed E-state index contributed by atoms with van der Waals surface area (Å²) in [6.07, 6.45) is -0.336. The maximum Gasteiger partial charge on any atom is 0.325 e. The summed E-state index contributed by atoms with van der Waals surface area (Å²) in [7, 11) is 0.424. The van der Waals surface area contributed by atoms with Crippen molar-refractivity contribution in [1.82, 2.24) is 4.90 Å². The van der Waals surface area contributed by atoms with Gasteiger partial charge in [0.15, 0.2) is 12.2 Å². The topological polar surface area (TPSA) is 80.7 Å². The molecular weight excluding hydrogens is 169 g/mol. The first-order chi connectivity index (χ1) is 4.95. The maximum atomic E-state index is 10.4. The zero-order valence-electron chi connectivity index (χ0n) is 6.35. The van der Waals surface area contributed by atoms with E-state index in [1.165, 1.54) is 19.0 Å². The predicted octanol–water partition coefficient (Wildman–Crippen LogP) is -0.896. The first kappa shape index (κ1) is 10.5. The molecule has 0 saturated carbocycles. The van der Waals surface area contributed by atoms with Crippen molar-refractivity contribution in [2.24, 2.45) is 0 Å². The van der Waals surface area contributed by atoms with E-state index in [1.807, 2.05) is 0 Å². The SMILES string of the molecule is CN(C)C(C[P+](=O)[O-])C(=O)O. The molecule has 6 heteroatoms. The number of rotatable bonds is 4. The van der Waals surface area contributed by atoms with Crippen molar-refractivity contribution < 1.29 is 19.4 Å². The van der Waals surface area contributed by atoms with Crippen molar-refractivity contribution in [3.8, 4) is 0 Å².